The zero-order valence-corrected chi connectivity index (χ0v) is 13.5. The van der Waals surface area contributed by atoms with E-state index in [0.29, 0.717) is 5.69 Å². The van der Waals surface area contributed by atoms with Crippen LogP contribution in [-0.2, 0) is 0 Å². The van der Waals surface area contributed by atoms with Gasteiger partial charge in [-0.25, -0.2) is 4.68 Å². The van der Waals surface area contributed by atoms with E-state index in [1.807, 2.05) is 56.3 Å². The lowest BCUT2D eigenvalue weighted by Gasteiger charge is -2.09. The third-order valence-electron chi connectivity index (χ3n) is 3.69. The van der Waals surface area contributed by atoms with E-state index in [9.17, 15) is 4.79 Å². The second kappa shape index (κ2) is 6.45. The Kier molecular flexibility index (Phi) is 4.20. The van der Waals surface area contributed by atoms with Gasteiger partial charge in [0, 0.05) is 0 Å². The minimum absolute atomic E-state index is 0.340. The van der Waals surface area contributed by atoms with Gasteiger partial charge in [0.1, 0.15) is 5.69 Å². The highest BCUT2D eigenvalue weighted by Crippen LogP contribution is 2.25. The summed E-state index contributed by atoms with van der Waals surface area (Å²) in [6.45, 7) is 3.92. The van der Waals surface area contributed by atoms with Crippen molar-refractivity contribution in [1.82, 2.24) is 9.78 Å². The highest BCUT2D eigenvalue weighted by Gasteiger charge is 2.12. The van der Waals surface area contributed by atoms with Gasteiger partial charge >= 0.3 is 0 Å². The Labute approximate surface area is 139 Å². The van der Waals surface area contributed by atoms with Gasteiger partial charge in [0.05, 0.1) is 23.3 Å². The van der Waals surface area contributed by atoms with Crippen LogP contribution in [-0.4, -0.2) is 15.7 Å². The topological polar surface area (TPSA) is 85.6 Å². The van der Waals surface area contributed by atoms with E-state index in [-0.39, 0.29) is 0 Å². The molecule has 1 heterocycles. The Morgan fingerprint density at radius 3 is 2.54 bits per heavy atom. The Bertz CT molecular complexity index is 927. The van der Waals surface area contributed by atoms with Gasteiger partial charge in [-0.3, -0.25) is 4.79 Å². The van der Waals surface area contributed by atoms with Gasteiger partial charge in [0.25, 0.3) is 5.91 Å². The molecule has 0 saturated heterocycles. The van der Waals surface area contributed by atoms with Crippen LogP contribution < -0.4 is 5.73 Å². The maximum absolute atomic E-state index is 11.5. The molecule has 120 valence electrons. The zero-order valence-electron chi connectivity index (χ0n) is 13.5. The van der Waals surface area contributed by atoms with Gasteiger partial charge in [-0.15, -0.1) is 0 Å². The van der Waals surface area contributed by atoms with Crippen molar-refractivity contribution in [3.8, 4) is 5.69 Å². The molecule has 0 unspecified atom stereocenters. The van der Waals surface area contributed by atoms with E-state index < -0.39 is 5.91 Å². The molecule has 2 N–H and O–H groups in total. The number of primary amides is 1. The van der Waals surface area contributed by atoms with E-state index in [1.54, 1.807) is 12.3 Å². The number of hydrogen-bond donors (Lipinski definition) is 1. The second-order valence-electron chi connectivity index (χ2n) is 5.45. The predicted molar refractivity (Wildman–Crippen MR) is 92.2 cm³/mol. The molecule has 3 aromatic rings. The summed E-state index contributed by atoms with van der Waals surface area (Å²) >= 11 is 0. The number of nitrogens with two attached hydrogens (primary N) is 1. The lowest BCUT2D eigenvalue weighted by molar-refractivity contribution is 0.0993. The summed E-state index contributed by atoms with van der Waals surface area (Å²) in [6, 6.07) is 15.0. The molecule has 0 aliphatic carbocycles. The van der Waals surface area contributed by atoms with E-state index in [4.69, 9.17) is 5.73 Å². The molecule has 0 saturated carbocycles. The Morgan fingerprint density at radius 2 is 1.83 bits per heavy atom. The van der Waals surface area contributed by atoms with Crippen molar-refractivity contribution in [2.45, 2.75) is 13.8 Å². The van der Waals surface area contributed by atoms with Gasteiger partial charge in [-0.1, -0.05) is 18.2 Å². The van der Waals surface area contributed by atoms with Crippen molar-refractivity contribution in [2.75, 3.05) is 0 Å². The van der Waals surface area contributed by atoms with E-state index >= 15 is 0 Å². The molecule has 0 aliphatic heterocycles. The molecule has 3 rings (SSSR count). The molecule has 0 bridgehead atoms. The molecule has 1 aromatic heterocycles. The fourth-order valence-corrected chi connectivity index (χ4v) is 2.41. The molecule has 0 fully saturated rings. The predicted octanol–water partition coefficient (Wildman–Crippen LogP) is 4.00. The summed E-state index contributed by atoms with van der Waals surface area (Å²) in [6.07, 6.45) is 1.55. The Morgan fingerprint density at radius 1 is 1.04 bits per heavy atom. The minimum atomic E-state index is -0.518. The van der Waals surface area contributed by atoms with Crippen LogP contribution in [0.1, 0.15) is 21.6 Å². The fraction of sp³-hybridized carbons (Fsp3) is 0.111. The van der Waals surface area contributed by atoms with Crippen molar-refractivity contribution in [2.24, 2.45) is 16.0 Å². The van der Waals surface area contributed by atoms with Gasteiger partial charge in [-0.2, -0.15) is 15.3 Å². The zero-order chi connectivity index (χ0) is 17.1. The first-order valence-corrected chi connectivity index (χ1v) is 7.48. The number of azo groups is 1. The summed E-state index contributed by atoms with van der Waals surface area (Å²) in [5.74, 6) is -0.518. The number of hydrogen-bond acceptors (Lipinski definition) is 4. The first kappa shape index (κ1) is 15.6. The molecule has 0 atom stereocenters. The monoisotopic (exact) mass is 319 g/mol. The Hall–Kier alpha value is -3.28. The number of carbonyl (C=O) groups is 1. The fourth-order valence-electron chi connectivity index (χ4n) is 2.41. The first-order valence-electron chi connectivity index (χ1n) is 7.48. The molecule has 6 nitrogen and oxygen atoms in total. The van der Waals surface area contributed by atoms with Crippen LogP contribution in [0.15, 0.2) is 65.0 Å². The van der Waals surface area contributed by atoms with Gasteiger partial charge < -0.3 is 5.73 Å². The van der Waals surface area contributed by atoms with Crippen LogP contribution in [0.2, 0.25) is 0 Å². The summed E-state index contributed by atoms with van der Waals surface area (Å²) in [5.41, 5.74) is 10.0. The lowest BCUT2D eigenvalue weighted by atomic mass is 10.2. The average Bonchev–Trinajstić information content (AvgIpc) is 3.04. The lowest BCUT2D eigenvalue weighted by Crippen LogP contribution is -2.17. The van der Waals surface area contributed by atoms with Crippen LogP contribution in [0.4, 0.5) is 11.4 Å². The van der Waals surface area contributed by atoms with Crippen molar-refractivity contribution < 1.29 is 4.79 Å². The number of nitrogens with zero attached hydrogens (tertiary/aromatic N) is 4. The molecule has 1 amide bonds. The van der Waals surface area contributed by atoms with E-state index in [1.165, 1.54) is 4.68 Å². The van der Waals surface area contributed by atoms with E-state index in [0.717, 1.165) is 28.2 Å². The van der Waals surface area contributed by atoms with Crippen LogP contribution in [0, 0.1) is 13.8 Å². The maximum Gasteiger partial charge on any atom is 0.267 e. The van der Waals surface area contributed by atoms with Crippen molar-refractivity contribution in [1.29, 1.82) is 0 Å². The quantitative estimate of drug-likeness (QED) is 0.737. The van der Waals surface area contributed by atoms with Gasteiger partial charge in [-0.05, 0) is 55.3 Å². The van der Waals surface area contributed by atoms with Crippen molar-refractivity contribution in [3.63, 3.8) is 0 Å². The molecule has 0 radical (unpaired) electrons. The van der Waals surface area contributed by atoms with Crippen LogP contribution in [0.25, 0.3) is 5.69 Å². The average molecular weight is 319 g/mol. The number of aryl methyl sites for hydroxylation is 2. The molecular formula is C18H17N5O. The number of rotatable bonds is 4. The summed E-state index contributed by atoms with van der Waals surface area (Å²) < 4.78 is 1.53. The molecule has 0 spiro atoms. The third kappa shape index (κ3) is 3.08. The highest BCUT2D eigenvalue weighted by molar-refractivity contribution is 5.91. The molecule has 24 heavy (non-hydrogen) atoms. The first-order chi connectivity index (χ1) is 11.6. The maximum atomic E-state index is 11.5. The van der Waals surface area contributed by atoms with Gasteiger partial charge in [0.15, 0.2) is 0 Å². The van der Waals surface area contributed by atoms with E-state index in [2.05, 4.69) is 15.3 Å². The Balaban J connectivity index is 1.92. The molecular weight excluding hydrogens is 302 g/mol. The second-order valence-corrected chi connectivity index (χ2v) is 5.45. The highest BCUT2D eigenvalue weighted by atomic mass is 16.1. The number of benzene rings is 2. The van der Waals surface area contributed by atoms with Crippen molar-refractivity contribution in [3.05, 3.63) is 71.5 Å². The SMILES string of the molecule is Cc1ccccc1N=Nc1ccc(-n2nccc2C(N)=O)c(C)c1. The largest absolute Gasteiger partial charge is 0.364 e. The van der Waals surface area contributed by atoms with Crippen LogP contribution in [0.3, 0.4) is 0 Å². The summed E-state index contributed by atoms with van der Waals surface area (Å²) in [4.78, 5) is 11.5. The standard InChI is InChI=1S/C18H17N5O/c1-12-5-3-4-6-15(12)22-21-14-7-8-16(13(2)11-14)23-17(18(19)24)9-10-20-23/h3-11H,1-2H3,(H2,19,24). The number of amides is 1. The molecule has 2 aromatic carbocycles. The summed E-state index contributed by atoms with van der Waals surface area (Å²) in [7, 11) is 0. The smallest absolute Gasteiger partial charge is 0.267 e. The summed E-state index contributed by atoms with van der Waals surface area (Å²) in [5, 5.41) is 12.7. The van der Waals surface area contributed by atoms with Crippen molar-refractivity contribution >= 4 is 17.3 Å². The molecule has 0 aliphatic rings. The van der Waals surface area contributed by atoms with Crippen LogP contribution >= 0.6 is 0 Å². The normalized spacial score (nSPS) is 11.1. The third-order valence-corrected chi connectivity index (χ3v) is 3.69. The minimum Gasteiger partial charge on any atom is -0.364 e. The number of carbonyl (C=O) groups excluding carboxylic acids is 1. The molecule has 6 heteroatoms. The number of aromatic nitrogens is 2. The van der Waals surface area contributed by atoms with Gasteiger partial charge in [0.2, 0.25) is 0 Å². The van der Waals surface area contributed by atoms with Crippen LogP contribution in [0.5, 0.6) is 0 Å².